The topological polar surface area (TPSA) is 67.9 Å². The molecule has 2 amide bonds. The molecule has 0 spiro atoms. The lowest BCUT2D eigenvalue weighted by atomic mass is 10.1. The standard InChI is InChI=1S/C18H33IN2O4/c1-15(2)24-13-6-3-4-10-17(22)21-12-8-9-16(21)18(23)20-11-5-7-14-25-19/h15-16H,3-14H2,1-2H3,(H,20,23). The van der Waals surface area contributed by atoms with E-state index in [1.54, 1.807) is 4.90 Å². The van der Waals surface area contributed by atoms with Gasteiger partial charge in [-0.05, 0) is 52.4 Å². The maximum absolute atomic E-state index is 12.4. The third-order valence-corrected chi connectivity index (χ3v) is 4.75. The fraction of sp³-hybridized carbons (Fsp3) is 0.889. The highest BCUT2D eigenvalue weighted by molar-refractivity contribution is 14.1. The van der Waals surface area contributed by atoms with Gasteiger partial charge < -0.3 is 18.0 Å². The van der Waals surface area contributed by atoms with Crippen LogP contribution in [-0.2, 0) is 17.4 Å². The second kappa shape index (κ2) is 13.7. The predicted molar refractivity (Wildman–Crippen MR) is 107 cm³/mol. The van der Waals surface area contributed by atoms with E-state index in [1.165, 1.54) is 0 Å². The van der Waals surface area contributed by atoms with Crippen LogP contribution in [-0.4, -0.2) is 55.2 Å². The summed E-state index contributed by atoms with van der Waals surface area (Å²) in [6.45, 7) is 6.86. The number of unbranched alkanes of at least 4 members (excludes halogenated alkanes) is 3. The third kappa shape index (κ3) is 9.75. The molecule has 1 rings (SSSR count). The van der Waals surface area contributed by atoms with Crippen LogP contribution in [0.25, 0.3) is 0 Å². The highest BCUT2D eigenvalue weighted by Crippen LogP contribution is 2.19. The van der Waals surface area contributed by atoms with Crippen LogP contribution in [0.5, 0.6) is 0 Å². The van der Waals surface area contributed by atoms with Gasteiger partial charge in [-0.1, -0.05) is 6.42 Å². The summed E-state index contributed by atoms with van der Waals surface area (Å²) in [7, 11) is 0. The van der Waals surface area contributed by atoms with Crippen LogP contribution in [0.4, 0.5) is 0 Å². The molecule has 0 bridgehead atoms. The van der Waals surface area contributed by atoms with Crippen molar-refractivity contribution in [2.45, 2.75) is 77.4 Å². The summed E-state index contributed by atoms with van der Waals surface area (Å²) in [5.41, 5.74) is 0. The fourth-order valence-corrected chi connectivity index (χ4v) is 3.28. The van der Waals surface area contributed by atoms with Crippen molar-refractivity contribution >= 4 is 34.8 Å². The number of carbonyl (C=O) groups is 2. The van der Waals surface area contributed by atoms with Crippen molar-refractivity contribution in [1.82, 2.24) is 10.2 Å². The zero-order valence-corrected chi connectivity index (χ0v) is 17.8. The van der Waals surface area contributed by atoms with Crippen LogP contribution in [0.15, 0.2) is 0 Å². The Hall–Kier alpha value is -0.410. The monoisotopic (exact) mass is 468 g/mol. The van der Waals surface area contributed by atoms with Crippen molar-refractivity contribution in [3.05, 3.63) is 0 Å². The largest absolute Gasteiger partial charge is 0.379 e. The van der Waals surface area contributed by atoms with E-state index in [4.69, 9.17) is 7.80 Å². The molecule has 1 fully saturated rings. The Balaban J connectivity index is 2.21. The number of hydrogen-bond donors (Lipinski definition) is 1. The van der Waals surface area contributed by atoms with Gasteiger partial charge in [0, 0.05) is 26.1 Å². The number of nitrogens with zero attached hydrogens (tertiary/aromatic N) is 1. The fourth-order valence-electron chi connectivity index (χ4n) is 2.97. The average Bonchev–Trinajstić information content (AvgIpc) is 3.07. The molecule has 0 aliphatic carbocycles. The van der Waals surface area contributed by atoms with E-state index in [2.05, 4.69) is 5.32 Å². The first kappa shape index (κ1) is 22.6. The highest BCUT2D eigenvalue weighted by Gasteiger charge is 2.33. The smallest absolute Gasteiger partial charge is 0.242 e. The quantitative estimate of drug-likeness (QED) is 0.333. The number of nitrogens with one attached hydrogen (secondary N) is 1. The maximum Gasteiger partial charge on any atom is 0.242 e. The van der Waals surface area contributed by atoms with E-state index >= 15 is 0 Å². The minimum absolute atomic E-state index is 0.00780. The Labute approximate surface area is 166 Å². The molecule has 1 N–H and O–H groups in total. The zero-order chi connectivity index (χ0) is 18.5. The van der Waals surface area contributed by atoms with Gasteiger partial charge in [0.25, 0.3) is 0 Å². The van der Waals surface area contributed by atoms with E-state index in [0.717, 1.165) is 51.6 Å². The number of likely N-dealkylation sites (tertiary alicyclic amines) is 1. The van der Waals surface area contributed by atoms with Gasteiger partial charge in [-0.15, -0.1) is 0 Å². The van der Waals surface area contributed by atoms with Crippen molar-refractivity contribution in [3.8, 4) is 0 Å². The number of ether oxygens (including phenoxy) is 1. The van der Waals surface area contributed by atoms with Gasteiger partial charge in [-0.3, -0.25) is 9.59 Å². The average molecular weight is 468 g/mol. The van der Waals surface area contributed by atoms with Gasteiger partial charge in [-0.25, -0.2) is 0 Å². The lowest BCUT2D eigenvalue weighted by Gasteiger charge is -2.24. The predicted octanol–water partition coefficient (Wildman–Crippen LogP) is 3.23. The van der Waals surface area contributed by atoms with E-state index < -0.39 is 0 Å². The maximum atomic E-state index is 12.4. The van der Waals surface area contributed by atoms with Crippen LogP contribution in [0.3, 0.4) is 0 Å². The second-order valence-corrected chi connectivity index (χ2v) is 7.41. The number of amides is 2. The van der Waals surface area contributed by atoms with Crippen molar-refractivity contribution in [3.63, 3.8) is 0 Å². The molecule has 146 valence electrons. The van der Waals surface area contributed by atoms with E-state index in [9.17, 15) is 9.59 Å². The molecule has 0 radical (unpaired) electrons. The van der Waals surface area contributed by atoms with E-state index in [0.29, 0.717) is 26.1 Å². The van der Waals surface area contributed by atoms with Crippen molar-refractivity contribution in [1.29, 1.82) is 0 Å². The van der Waals surface area contributed by atoms with Gasteiger partial charge >= 0.3 is 0 Å². The molecule has 6 nitrogen and oxygen atoms in total. The molecule has 0 aromatic carbocycles. The number of rotatable bonds is 13. The van der Waals surface area contributed by atoms with Gasteiger partial charge in [0.2, 0.25) is 11.8 Å². The molecule has 0 aromatic heterocycles. The first-order chi connectivity index (χ1) is 12.1. The summed E-state index contributed by atoms with van der Waals surface area (Å²) in [5, 5.41) is 2.96. The zero-order valence-electron chi connectivity index (χ0n) is 15.6. The SMILES string of the molecule is CC(C)OCCCCCC(=O)N1CCCC1C(=O)NCCCCOI. The van der Waals surface area contributed by atoms with Crippen LogP contribution < -0.4 is 5.32 Å². The molecule has 1 heterocycles. The molecule has 1 saturated heterocycles. The molecule has 1 unspecified atom stereocenters. The summed E-state index contributed by atoms with van der Waals surface area (Å²) in [5.74, 6) is 0.104. The van der Waals surface area contributed by atoms with Crippen LogP contribution in [0, 0.1) is 0 Å². The van der Waals surface area contributed by atoms with Gasteiger partial charge in [0.15, 0.2) is 0 Å². The van der Waals surface area contributed by atoms with Crippen molar-refractivity contribution < 1.29 is 17.4 Å². The van der Waals surface area contributed by atoms with E-state index in [1.807, 2.05) is 36.9 Å². The molecule has 7 heteroatoms. The summed E-state index contributed by atoms with van der Waals surface area (Å²) >= 11 is 1.88. The lowest BCUT2D eigenvalue weighted by Crippen LogP contribution is -2.46. The van der Waals surface area contributed by atoms with Gasteiger partial charge in [-0.2, -0.15) is 0 Å². The van der Waals surface area contributed by atoms with Crippen LogP contribution in [0.1, 0.15) is 65.2 Å². The summed E-state index contributed by atoms with van der Waals surface area (Å²) < 4.78 is 10.5. The van der Waals surface area contributed by atoms with E-state index in [-0.39, 0.29) is 24.0 Å². The Morgan fingerprint density at radius 2 is 1.92 bits per heavy atom. The first-order valence-corrected chi connectivity index (χ1v) is 10.4. The summed E-state index contributed by atoms with van der Waals surface area (Å²) in [6, 6.07) is -0.280. The molecular weight excluding hydrogens is 435 g/mol. The van der Waals surface area contributed by atoms with Crippen LogP contribution in [0.2, 0.25) is 0 Å². The summed E-state index contributed by atoms with van der Waals surface area (Å²) in [4.78, 5) is 26.5. The minimum Gasteiger partial charge on any atom is -0.379 e. The van der Waals surface area contributed by atoms with Crippen molar-refractivity contribution in [2.24, 2.45) is 0 Å². The summed E-state index contributed by atoms with van der Waals surface area (Å²) in [6.07, 6.45) is 7.13. The minimum atomic E-state index is -0.280. The Morgan fingerprint density at radius 3 is 2.64 bits per heavy atom. The first-order valence-electron chi connectivity index (χ1n) is 9.48. The molecular formula is C18H33IN2O4. The Morgan fingerprint density at radius 1 is 1.16 bits per heavy atom. The number of hydrogen-bond acceptors (Lipinski definition) is 4. The van der Waals surface area contributed by atoms with Crippen LogP contribution >= 0.6 is 23.0 Å². The third-order valence-electron chi connectivity index (χ3n) is 4.31. The normalized spacial score (nSPS) is 17.3. The van der Waals surface area contributed by atoms with Gasteiger partial charge in [0.05, 0.1) is 12.7 Å². The molecule has 25 heavy (non-hydrogen) atoms. The Bertz CT molecular complexity index is 393. The number of halogens is 1. The van der Waals surface area contributed by atoms with Crippen molar-refractivity contribution in [2.75, 3.05) is 26.3 Å². The molecule has 1 aliphatic heterocycles. The number of carbonyl (C=O) groups excluding carboxylic acids is 2. The molecule has 1 atom stereocenters. The second-order valence-electron chi connectivity index (χ2n) is 6.79. The lowest BCUT2D eigenvalue weighted by molar-refractivity contribution is -0.138. The van der Waals surface area contributed by atoms with Gasteiger partial charge in [0.1, 0.15) is 29.0 Å². The highest BCUT2D eigenvalue weighted by atomic mass is 127. The molecule has 0 saturated carbocycles. The molecule has 0 aromatic rings. The Kier molecular flexibility index (Phi) is 12.4. The molecule has 1 aliphatic rings.